The second kappa shape index (κ2) is 20.7. The van der Waals surface area contributed by atoms with E-state index in [2.05, 4.69) is 29.1 Å². The van der Waals surface area contributed by atoms with Gasteiger partial charge in [-0.15, -0.1) is 0 Å². The third kappa shape index (κ3) is 20.7. The average Bonchev–Trinajstić information content (AvgIpc) is 2.46. The van der Waals surface area contributed by atoms with Crippen LogP contribution in [0.15, 0.2) is 9.98 Å². The van der Waals surface area contributed by atoms with Crippen LogP contribution < -0.4 is 16.8 Å². The highest BCUT2D eigenvalue weighted by Crippen LogP contribution is 2.02. The van der Waals surface area contributed by atoms with Crippen LogP contribution in [-0.2, 0) is 0 Å². The number of guanidine groups is 2. The Hall–Kier alpha value is -1.26. The molecule has 0 aliphatic heterocycles. The van der Waals surface area contributed by atoms with Gasteiger partial charge in [0.05, 0.1) is 0 Å². The Morgan fingerprint density at radius 3 is 1.35 bits per heavy atom. The molecular weight excluding hydrogens is 286 g/mol. The first-order valence-corrected chi connectivity index (χ1v) is 8.57. The molecule has 5 N–H and O–H groups in total. The summed E-state index contributed by atoms with van der Waals surface area (Å²) in [5, 5.41) is 2.84. The zero-order chi connectivity index (χ0) is 15.8. The molecule has 23 heavy (non-hydrogen) atoms. The first kappa shape index (κ1) is 26.6. The van der Waals surface area contributed by atoms with Gasteiger partial charge in [0.2, 0.25) is 0 Å². The van der Waals surface area contributed by atoms with E-state index in [9.17, 15) is 0 Å². The molecule has 0 amide bonds. The molecule has 0 atom stereocenters. The lowest BCUT2D eigenvalue weighted by Gasteiger charge is -2.05. The second-order valence-corrected chi connectivity index (χ2v) is 5.49. The molecule has 0 aromatic heterocycles. The average molecular weight is 330 g/mol. The maximum absolute atomic E-state index is 5.76. The first-order valence-electron chi connectivity index (χ1n) is 8.57. The molecule has 0 radical (unpaired) electrons. The minimum absolute atomic E-state index is 0. The van der Waals surface area contributed by atoms with Crippen LogP contribution >= 0.6 is 0 Å². The van der Waals surface area contributed by atoms with Gasteiger partial charge in [0.25, 0.3) is 0 Å². The van der Waals surface area contributed by atoms with E-state index in [4.69, 9.17) is 11.5 Å². The van der Waals surface area contributed by atoms with Crippen molar-refractivity contribution in [1.82, 2.24) is 5.32 Å². The Bertz CT molecular complexity index is 259. The summed E-state index contributed by atoms with van der Waals surface area (Å²) >= 11 is 0. The summed E-state index contributed by atoms with van der Waals surface area (Å²) in [6.07, 6.45) is 12.3. The molecule has 0 aromatic rings. The van der Waals surface area contributed by atoms with Crippen LogP contribution in [-0.4, -0.2) is 25.0 Å². The lowest BCUT2D eigenvalue weighted by molar-refractivity contribution is 0.637. The lowest BCUT2D eigenvalue weighted by Crippen LogP contribution is -2.41. The lowest BCUT2D eigenvalue weighted by atomic mass is 10.2. The molecule has 0 bridgehead atoms. The van der Waals surface area contributed by atoms with Crippen molar-refractivity contribution in [3.8, 4) is 0 Å². The molecule has 5 heteroatoms. The van der Waals surface area contributed by atoms with Crippen LogP contribution in [0.4, 0.5) is 0 Å². The van der Waals surface area contributed by atoms with Crippen LogP contribution in [0, 0.1) is 0 Å². The maximum Gasteiger partial charge on any atom is 0.195 e. The number of hydrogen-bond acceptors (Lipinski definition) is 2. The molecule has 0 saturated heterocycles. The number of nitrogens with zero attached hydrogens (tertiary/aromatic N) is 2. The number of rotatable bonds is 12. The van der Waals surface area contributed by atoms with Gasteiger partial charge in [-0.25, -0.2) is 0 Å². The fourth-order valence-corrected chi connectivity index (χ4v) is 2.04. The highest BCUT2D eigenvalue weighted by molar-refractivity contribution is 5.96. The summed E-state index contributed by atoms with van der Waals surface area (Å²) in [4.78, 5) is 8.51. The van der Waals surface area contributed by atoms with Gasteiger partial charge < -0.3 is 11.5 Å². The molecule has 0 aromatic carbocycles. The highest BCUT2D eigenvalue weighted by Gasteiger charge is 1.95. The van der Waals surface area contributed by atoms with Crippen LogP contribution in [0.2, 0.25) is 0 Å². The smallest absolute Gasteiger partial charge is 0.195 e. The van der Waals surface area contributed by atoms with E-state index < -0.39 is 0 Å². The van der Waals surface area contributed by atoms with Crippen molar-refractivity contribution in [2.24, 2.45) is 21.5 Å². The van der Waals surface area contributed by atoms with E-state index in [1.54, 1.807) is 0 Å². The molecule has 0 saturated carbocycles. The molecule has 0 aliphatic carbocycles. The van der Waals surface area contributed by atoms with E-state index in [1.165, 1.54) is 51.4 Å². The second-order valence-electron chi connectivity index (χ2n) is 5.49. The van der Waals surface area contributed by atoms with Gasteiger partial charge in [0.1, 0.15) is 0 Å². The van der Waals surface area contributed by atoms with E-state index >= 15 is 0 Å². The summed E-state index contributed by atoms with van der Waals surface area (Å²) in [5.74, 6) is 0.746. The van der Waals surface area contributed by atoms with Crippen LogP contribution in [0.5, 0.6) is 0 Å². The Kier molecular flexibility index (Phi) is 24.0. The van der Waals surface area contributed by atoms with Crippen molar-refractivity contribution in [2.45, 2.75) is 92.9 Å². The summed E-state index contributed by atoms with van der Waals surface area (Å²) in [6, 6.07) is 0. The van der Waals surface area contributed by atoms with Gasteiger partial charge in [0.15, 0.2) is 11.9 Å². The Morgan fingerprint density at radius 2 is 1.00 bits per heavy atom. The largest absolute Gasteiger partial charge is 0.370 e. The van der Waals surface area contributed by atoms with E-state index in [0.717, 1.165) is 25.9 Å². The van der Waals surface area contributed by atoms with Gasteiger partial charge in [-0.2, -0.15) is 0 Å². The predicted octanol–water partition coefficient (Wildman–Crippen LogP) is 4.42. The molecule has 0 heterocycles. The summed E-state index contributed by atoms with van der Waals surface area (Å²) in [7, 11) is 0. The van der Waals surface area contributed by atoms with Gasteiger partial charge >= 0.3 is 0 Å². The van der Waals surface area contributed by atoms with Crippen molar-refractivity contribution in [2.75, 3.05) is 13.1 Å². The van der Waals surface area contributed by atoms with Crippen LogP contribution in [0.3, 0.4) is 0 Å². The standard InChI is InChI=1S/C16H35N5.2CH4/c1-3-5-7-9-11-13-19-15(17)21-16(18)20-14-12-10-8-6-4-2;;/h3-14H2,1-2H3,(H5,17,18,19,20,21);2*1H4. The molecule has 140 valence electrons. The minimum Gasteiger partial charge on any atom is -0.370 e. The third-order valence-corrected chi connectivity index (χ3v) is 3.34. The number of aliphatic imine (C=N–C) groups is 2. The Morgan fingerprint density at radius 1 is 0.652 bits per heavy atom. The summed E-state index contributed by atoms with van der Waals surface area (Å²) in [5.41, 5.74) is 11.5. The quantitative estimate of drug-likeness (QED) is 0.281. The Labute approximate surface area is 145 Å². The van der Waals surface area contributed by atoms with E-state index in [1.807, 2.05) is 0 Å². The molecule has 0 spiro atoms. The van der Waals surface area contributed by atoms with Gasteiger partial charge in [-0.3, -0.25) is 15.3 Å². The third-order valence-electron chi connectivity index (χ3n) is 3.34. The van der Waals surface area contributed by atoms with Crippen molar-refractivity contribution in [3.63, 3.8) is 0 Å². The molecule has 0 unspecified atom stereocenters. The summed E-state index contributed by atoms with van der Waals surface area (Å²) < 4.78 is 0. The van der Waals surface area contributed by atoms with Crippen molar-refractivity contribution in [3.05, 3.63) is 0 Å². The molecule has 0 fully saturated rings. The highest BCUT2D eigenvalue weighted by atomic mass is 15.2. The summed E-state index contributed by atoms with van der Waals surface area (Å²) in [6.45, 7) is 5.94. The predicted molar refractivity (Wildman–Crippen MR) is 107 cm³/mol. The van der Waals surface area contributed by atoms with Crippen LogP contribution in [0.25, 0.3) is 0 Å². The van der Waals surface area contributed by atoms with Crippen molar-refractivity contribution >= 4 is 11.9 Å². The Balaban J connectivity index is -0.00000200. The van der Waals surface area contributed by atoms with Gasteiger partial charge in [0, 0.05) is 13.1 Å². The number of hydrogen-bond donors (Lipinski definition) is 3. The molecule has 0 aliphatic rings. The monoisotopic (exact) mass is 329 g/mol. The van der Waals surface area contributed by atoms with Gasteiger partial charge in [-0.05, 0) is 12.8 Å². The van der Waals surface area contributed by atoms with Crippen molar-refractivity contribution < 1.29 is 0 Å². The number of nitrogens with one attached hydrogen (secondary N) is 1. The zero-order valence-corrected chi connectivity index (χ0v) is 14.0. The van der Waals surface area contributed by atoms with E-state index in [-0.39, 0.29) is 14.9 Å². The SMILES string of the molecule is C.C.CCCCCCCN=C(N)NC(N)=NCCCCCCC. The fraction of sp³-hybridized carbons (Fsp3) is 0.889. The zero-order valence-electron chi connectivity index (χ0n) is 14.0. The normalized spacial score (nSPS) is 11.6. The topological polar surface area (TPSA) is 88.8 Å². The first-order chi connectivity index (χ1) is 10.2. The maximum atomic E-state index is 5.76. The van der Waals surface area contributed by atoms with E-state index in [0.29, 0.717) is 11.9 Å². The minimum atomic E-state index is 0. The molecule has 0 rings (SSSR count). The molecular formula is C18H43N5. The van der Waals surface area contributed by atoms with Crippen molar-refractivity contribution in [1.29, 1.82) is 0 Å². The fourth-order valence-electron chi connectivity index (χ4n) is 2.04. The number of unbranched alkanes of at least 4 members (excludes halogenated alkanes) is 8. The number of nitrogens with two attached hydrogens (primary N) is 2. The molecule has 5 nitrogen and oxygen atoms in total. The van der Waals surface area contributed by atoms with Crippen LogP contribution in [0.1, 0.15) is 92.9 Å². The van der Waals surface area contributed by atoms with Gasteiger partial charge in [-0.1, -0.05) is 80.1 Å².